The highest BCUT2D eigenvalue weighted by atomic mass is 16.4. The molecule has 39 heavy (non-hydrogen) atoms. The van der Waals surface area contributed by atoms with E-state index in [-0.39, 0.29) is 17.4 Å². The van der Waals surface area contributed by atoms with E-state index < -0.39 is 5.97 Å². The molecule has 6 heteroatoms. The monoisotopic (exact) mass is 531 g/mol. The Morgan fingerprint density at radius 3 is 2.49 bits per heavy atom. The molecule has 0 saturated heterocycles. The van der Waals surface area contributed by atoms with E-state index in [0.717, 1.165) is 62.1 Å². The summed E-state index contributed by atoms with van der Waals surface area (Å²) in [5.74, 6) is 0.383. The van der Waals surface area contributed by atoms with Crippen LogP contribution in [0.2, 0.25) is 0 Å². The van der Waals surface area contributed by atoms with E-state index in [9.17, 15) is 15.0 Å². The Hall–Kier alpha value is -3.12. The van der Waals surface area contributed by atoms with Gasteiger partial charge in [-0.25, -0.2) is 9.78 Å². The Kier molecular flexibility index (Phi) is 10.6. The minimum absolute atomic E-state index is 0.0328. The molecule has 1 fully saturated rings. The highest BCUT2D eigenvalue weighted by molar-refractivity contribution is 5.90. The maximum absolute atomic E-state index is 11.8. The number of aromatic nitrogens is 2. The number of benzene rings is 2. The van der Waals surface area contributed by atoms with Crippen molar-refractivity contribution in [1.29, 1.82) is 0 Å². The standard InChI is InChI=1S/C33H45N3O3/c1-3-5-17-29(30-22-34-32(36(30)20-6-4-2)27-15-11-8-12-16-27)35(23-25-13-9-7-10-14-25)24-26-18-19-31(37)28(21-26)33(38)39/h8,11-12,15-16,18-19,21-22,25,29,37H,3-7,9-10,13-14,17,20,23-24H2,1-2H3,(H,38,39). The van der Waals surface area contributed by atoms with Gasteiger partial charge in [-0.05, 0) is 49.3 Å². The van der Waals surface area contributed by atoms with Gasteiger partial charge < -0.3 is 14.8 Å². The highest BCUT2D eigenvalue weighted by Gasteiger charge is 2.28. The van der Waals surface area contributed by atoms with Crippen LogP contribution in [0.1, 0.15) is 106 Å². The van der Waals surface area contributed by atoms with Crippen molar-refractivity contribution < 1.29 is 15.0 Å². The average molecular weight is 532 g/mol. The summed E-state index contributed by atoms with van der Waals surface area (Å²) in [6, 6.07) is 15.7. The van der Waals surface area contributed by atoms with Crippen LogP contribution in [-0.2, 0) is 13.1 Å². The van der Waals surface area contributed by atoms with E-state index in [1.54, 1.807) is 6.07 Å². The van der Waals surface area contributed by atoms with Crippen molar-refractivity contribution in [2.24, 2.45) is 5.92 Å². The second-order valence-corrected chi connectivity index (χ2v) is 11.1. The summed E-state index contributed by atoms with van der Waals surface area (Å²) in [6.07, 6.45) is 13.9. The maximum Gasteiger partial charge on any atom is 0.339 e. The van der Waals surface area contributed by atoms with Crippen molar-refractivity contribution in [2.75, 3.05) is 6.54 Å². The minimum Gasteiger partial charge on any atom is -0.507 e. The van der Waals surface area contributed by atoms with E-state index in [4.69, 9.17) is 4.98 Å². The van der Waals surface area contributed by atoms with Crippen molar-refractivity contribution in [3.63, 3.8) is 0 Å². The lowest BCUT2D eigenvalue weighted by Gasteiger charge is -2.36. The zero-order valence-corrected chi connectivity index (χ0v) is 23.7. The van der Waals surface area contributed by atoms with Gasteiger partial charge in [0.25, 0.3) is 0 Å². The molecule has 6 nitrogen and oxygen atoms in total. The van der Waals surface area contributed by atoms with Crippen LogP contribution in [0.4, 0.5) is 0 Å². The summed E-state index contributed by atoms with van der Waals surface area (Å²) in [7, 11) is 0. The van der Waals surface area contributed by atoms with Crippen LogP contribution in [0, 0.1) is 5.92 Å². The van der Waals surface area contributed by atoms with Crippen LogP contribution >= 0.6 is 0 Å². The maximum atomic E-state index is 11.8. The van der Waals surface area contributed by atoms with Crippen molar-refractivity contribution in [2.45, 2.75) is 97.2 Å². The van der Waals surface area contributed by atoms with E-state index in [1.165, 1.54) is 43.9 Å². The fourth-order valence-electron chi connectivity index (χ4n) is 6.03. The van der Waals surface area contributed by atoms with Crippen molar-refractivity contribution in [1.82, 2.24) is 14.5 Å². The summed E-state index contributed by atoms with van der Waals surface area (Å²) in [6.45, 7) is 7.03. The molecule has 3 aromatic rings. The van der Waals surface area contributed by atoms with Gasteiger partial charge in [0.15, 0.2) is 0 Å². The predicted molar refractivity (Wildman–Crippen MR) is 157 cm³/mol. The third-order valence-electron chi connectivity index (χ3n) is 8.16. The van der Waals surface area contributed by atoms with Crippen LogP contribution in [0.25, 0.3) is 11.4 Å². The Morgan fingerprint density at radius 2 is 1.79 bits per heavy atom. The summed E-state index contributed by atoms with van der Waals surface area (Å²) < 4.78 is 2.44. The molecule has 210 valence electrons. The number of unbranched alkanes of at least 4 members (excludes halogenated alkanes) is 2. The highest BCUT2D eigenvalue weighted by Crippen LogP contribution is 2.35. The number of carboxylic acids is 1. The van der Waals surface area contributed by atoms with Crippen molar-refractivity contribution in [3.05, 3.63) is 71.5 Å². The minimum atomic E-state index is -1.10. The van der Waals surface area contributed by atoms with Crippen LogP contribution in [-0.4, -0.2) is 37.2 Å². The molecule has 1 atom stereocenters. The van der Waals surface area contributed by atoms with Crippen LogP contribution in [0.15, 0.2) is 54.7 Å². The molecule has 1 aromatic heterocycles. The SMILES string of the molecule is CCCCC(c1cnc(-c2ccccc2)n1CCCC)N(Cc1ccc(O)c(C(=O)O)c1)CC1CCCCC1. The lowest BCUT2D eigenvalue weighted by Crippen LogP contribution is -2.35. The van der Waals surface area contributed by atoms with Crippen LogP contribution < -0.4 is 0 Å². The van der Waals surface area contributed by atoms with Crippen molar-refractivity contribution in [3.8, 4) is 17.1 Å². The first-order valence-corrected chi connectivity index (χ1v) is 14.9. The molecule has 1 saturated carbocycles. The number of nitrogens with zero attached hydrogens (tertiary/aromatic N) is 3. The quantitative estimate of drug-likeness (QED) is 0.220. The molecule has 1 heterocycles. The summed E-state index contributed by atoms with van der Waals surface area (Å²) in [5, 5.41) is 19.8. The fourth-order valence-corrected chi connectivity index (χ4v) is 6.03. The Morgan fingerprint density at radius 1 is 1.05 bits per heavy atom. The number of imidazole rings is 1. The number of aromatic carboxylic acids is 1. The third kappa shape index (κ3) is 7.51. The second kappa shape index (κ2) is 14.3. The van der Waals surface area contributed by atoms with Crippen LogP contribution in [0.3, 0.4) is 0 Å². The van der Waals surface area contributed by atoms with E-state index in [2.05, 4.69) is 53.8 Å². The molecule has 2 aromatic carbocycles. The number of carboxylic acid groups (broad SMARTS) is 1. The molecular formula is C33H45N3O3. The number of aromatic hydroxyl groups is 1. The topological polar surface area (TPSA) is 78.6 Å². The van der Waals surface area contributed by atoms with Gasteiger partial charge in [-0.15, -0.1) is 0 Å². The number of carbonyl (C=O) groups is 1. The molecule has 1 aliphatic carbocycles. The van der Waals surface area contributed by atoms with E-state index in [1.807, 2.05) is 12.1 Å². The molecule has 1 unspecified atom stereocenters. The van der Waals surface area contributed by atoms with Gasteiger partial charge in [-0.2, -0.15) is 0 Å². The van der Waals surface area contributed by atoms with Gasteiger partial charge in [-0.1, -0.05) is 88.8 Å². The van der Waals surface area contributed by atoms with Gasteiger partial charge in [0, 0.05) is 25.2 Å². The lowest BCUT2D eigenvalue weighted by atomic mass is 9.88. The van der Waals surface area contributed by atoms with Gasteiger partial charge in [0.2, 0.25) is 0 Å². The third-order valence-corrected chi connectivity index (χ3v) is 8.16. The number of hydrogen-bond donors (Lipinski definition) is 2. The normalized spacial score (nSPS) is 15.1. The second-order valence-electron chi connectivity index (χ2n) is 11.1. The zero-order chi connectivity index (χ0) is 27.6. The van der Waals surface area contributed by atoms with Gasteiger partial charge in [-0.3, -0.25) is 4.90 Å². The number of rotatable bonds is 14. The van der Waals surface area contributed by atoms with Gasteiger partial charge >= 0.3 is 5.97 Å². The molecule has 2 N–H and O–H groups in total. The Labute approximate surface area is 233 Å². The molecule has 0 bridgehead atoms. The smallest absolute Gasteiger partial charge is 0.339 e. The average Bonchev–Trinajstić information content (AvgIpc) is 3.37. The van der Waals surface area contributed by atoms with E-state index in [0.29, 0.717) is 12.5 Å². The zero-order valence-electron chi connectivity index (χ0n) is 23.7. The summed E-state index contributed by atoms with van der Waals surface area (Å²) >= 11 is 0. The molecule has 0 aliphatic heterocycles. The molecule has 4 rings (SSSR count). The first kappa shape index (κ1) is 28.9. The molecule has 1 aliphatic rings. The van der Waals surface area contributed by atoms with Crippen molar-refractivity contribution >= 4 is 5.97 Å². The Balaban J connectivity index is 1.75. The largest absolute Gasteiger partial charge is 0.507 e. The van der Waals surface area contributed by atoms with Crippen LogP contribution in [0.5, 0.6) is 5.75 Å². The molecular weight excluding hydrogens is 486 g/mol. The first-order chi connectivity index (χ1) is 19.0. The van der Waals surface area contributed by atoms with Gasteiger partial charge in [0.05, 0.1) is 17.9 Å². The Bertz CT molecular complexity index is 1180. The number of hydrogen-bond acceptors (Lipinski definition) is 4. The summed E-state index contributed by atoms with van der Waals surface area (Å²) in [4.78, 5) is 19.3. The molecule has 0 spiro atoms. The van der Waals surface area contributed by atoms with Gasteiger partial charge in [0.1, 0.15) is 17.1 Å². The molecule has 0 radical (unpaired) electrons. The number of phenols is 1. The fraction of sp³-hybridized carbons (Fsp3) is 0.515. The lowest BCUT2D eigenvalue weighted by molar-refractivity contribution is 0.0693. The summed E-state index contributed by atoms with van der Waals surface area (Å²) in [5.41, 5.74) is 3.28. The predicted octanol–water partition coefficient (Wildman–Crippen LogP) is 8.07. The molecule has 0 amide bonds. The van der Waals surface area contributed by atoms with E-state index >= 15 is 0 Å². The first-order valence-electron chi connectivity index (χ1n) is 14.9.